The number of hydrogen-bond donors (Lipinski definition) is 2. The minimum Gasteiger partial charge on any atom is -0.384 e. The lowest BCUT2D eigenvalue weighted by molar-refractivity contribution is 0.221. The summed E-state index contributed by atoms with van der Waals surface area (Å²) in [6.07, 6.45) is 2.63. The second-order valence-electron chi connectivity index (χ2n) is 5.02. The first-order chi connectivity index (χ1) is 11.0. The molecule has 2 N–H and O–H groups in total. The molecule has 6 heteroatoms. The predicted octanol–water partition coefficient (Wildman–Crippen LogP) is 6.38. The van der Waals surface area contributed by atoms with E-state index in [1.54, 1.807) is 42.7 Å². The minimum absolute atomic E-state index is 0.409. The predicted molar refractivity (Wildman–Crippen MR) is 96.8 cm³/mol. The van der Waals surface area contributed by atoms with Crippen molar-refractivity contribution in [2.24, 2.45) is 0 Å². The van der Waals surface area contributed by atoms with Crippen molar-refractivity contribution in [3.63, 3.8) is 0 Å². The normalized spacial score (nSPS) is 12.4. The topological polar surface area (TPSA) is 36.0 Å². The summed E-state index contributed by atoms with van der Waals surface area (Å²) in [5.41, 5.74) is 2.94. The number of aliphatic hydroxyl groups is 1. The molecule has 0 saturated heterocycles. The van der Waals surface area contributed by atoms with Crippen LogP contribution < -0.4 is 0 Å². The van der Waals surface area contributed by atoms with Crippen molar-refractivity contribution in [3.05, 3.63) is 80.0 Å². The van der Waals surface area contributed by atoms with E-state index >= 15 is 0 Å². The van der Waals surface area contributed by atoms with E-state index in [0.29, 0.717) is 31.2 Å². The molecule has 0 radical (unpaired) electrons. The molecular weight excluding hydrogens is 376 g/mol. The monoisotopic (exact) mass is 385 g/mol. The maximum Gasteiger partial charge on any atom is 0.108 e. The maximum absolute atomic E-state index is 10.7. The van der Waals surface area contributed by atoms with E-state index in [1.807, 2.05) is 6.07 Å². The molecule has 2 nitrogen and oxygen atoms in total. The van der Waals surface area contributed by atoms with Crippen LogP contribution >= 0.6 is 46.4 Å². The average Bonchev–Trinajstić information content (AvgIpc) is 2.99. The molecular formula is C17H11Cl4NO. The van der Waals surface area contributed by atoms with E-state index in [0.717, 1.165) is 11.1 Å². The first-order valence-corrected chi connectivity index (χ1v) is 8.23. The van der Waals surface area contributed by atoms with Crippen LogP contribution in [-0.2, 0) is 0 Å². The highest BCUT2D eigenvalue weighted by atomic mass is 35.5. The van der Waals surface area contributed by atoms with Crippen molar-refractivity contribution in [2.75, 3.05) is 0 Å². The number of hydrogen-bond acceptors (Lipinski definition) is 1. The Morgan fingerprint density at radius 3 is 2.26 bits per heavy atom. The van der Waals surface area contributed by atoms with Crippen molar-refractivity contribution < 1.29 is 5.11 Å². The van der Waals surface area contributed by atoms with Crippen LogP contribution in [0.5, 0.6) is 0 Å². The van der Waals surface area contributed by atoms with Crippen LogP contribution in [0.2, 0.25) is 20.1 Å². The number of aliphatic hydroxyl groups excluding tert-OH is 1. The van der Waals surface area contributed by atoms with E-state index in [2.05, 4.69) is 4.98 Å². The molecule has 1 unspecified atom stereocenters. The summed E-state index contributed by atoms with van der Waals surface area (Å²) in [6, 6.07) is 10.3. The molecule has 1 aromatic heterocycles. The third-order valence-electron chi connectivity index (χ3n) is 3.56. The fourth-order valence-corrected chi connectivity index (χ4v) is 3.22. The second kappa shape index (κ2) is 6.76. The summed E-state index contributed by atoms with van der Waals surface area (Å²) in [7, 11) is 0. The van der Waals surface area contributed by atoms with E-state index in [1.165, 1.54) is 0 Å². The third-order valence-corrected chi connectivity index (χ3v) is 4.86. The number of H-pyrrole nitrogens is 1. The summed E-state index contributed by atoms with van der Waals surface area (Å²) in [5.74, 6) is 0. The zero-order chi connectivity index (χ0) is 16.6. The molecule has 23 heavy (non-hydrogen) atoms. The Kier molecular flexibility index (Phi) is 4.90. The van der Waals surface area contributed by atoms with Crippen molar-refractivity contribution in [3.8, 4) is 11.1 Å². The first kappa shape index (κ1) is 16.7. The van der Waals surface area contributed by atoms with Gasteiger partial charge in [0.15, 0.2) is 0 Å². The minimum atomic E-state index is -0.893. The number of aromatic nitrogens is 1. The molecule has 0 aliphatic heterocycles. The molecule has 0 fully saturated rings. The third kappa shape index (κ3) is 3.37. The molecule has 2 aromatic carbocycles. The van der Waals surface area contributed by atoms with Gasteiger partial charge >= 0.3 is 0 Å². The van der Waals surface area contributed by atoms with Crippen molar-refractivity contribution in [1.82, 2.24) is 4.98 Å². The summed E-state index contributed by atoms with van der Waals surface area (Å²) in [6.45, 7) is 0. The van der Waals surface area contributed by atoms with Gasteiger partial charge in [-0.25, -0.2) is 0 Å². The van der Waals surface area contributed by atoms with Crippen LogP contribution in [0.1, 0.15) is 17.2 Å². The lowest BCUT2D eigenvalue weighted by Crippen LogP contribution is -2.01. The van der Waals surface area contributed by atoms with E-state index in [-0.39, 0.29) is 0 Å². The highest BCUT2D eigenvalue weighted by Crippen LogP contribution is 2.37. The molecule has 3 rings (SSSR count). The smallest absolute Gasteiger partial charge is 0.108 e. The van der Waals surface area contributed by atoms with Gasteiger partial charge in [0.25, 0.3) is 0 Å². The van der Waals surface area contributed by atoms with E-state index in [4.69, 9.17) is 46.4 Å². The quantitative estimate of drug-likeness (QED) is 0.538. The Labute approximate surface area is 153 Å². The number of nitrogens with one attached hydrogen (secondary N) is 1. The Hall–Kier alpha value is -1.16. The summed E-state index contributed by atoms with van der Waals surface area (Å²) >= 11 is 24.1. The Balaban J connectivity index is 2.04. The molecule has 0 aliphatic carbocycles. The standard InChI is InChI=1S/C17H11Cl4NO/c18-10-2-3-11(15(20)6-10)17(23)13-8-22-7-12(13)9-1-4-14(19)16(21)5-9/h1-8,17,22-23H. The molecule has 0 spiro atoms. The first-order valence-electron chi connectivity index (χ1n) is 6.72. The zero-order valence-electron chi connectivity index (χ0n) is 11.7. The van der Waals surface area contributed by atoms with E-state index < -0.39 is 6.10 Å². The molecule has 1 atom stereocenters. The van der Waals surface area contributed by atoms with Gasteiger partial charge in [-0.3, -0.25) is 0 Å². The second-order valence-corrected chi connectivity index (χ2v) is 6.68. The van der Waals surface area contributed by atoms with Crippen LogP contribution in [0.3, 0.4) is 0 Å². The van der Waals surface area contributed by atoms with Gasteiger partial charge in [-0.15, -0.1) is 0 Å². The molecule has 118 valence electrons. The number of halogens is 4. The van der Waals surface area contributed by atoms with Gasteiger partial charge in [-0.2, -0.15) is 0 Å². The fraction of sp³-hybridized carbons (Fsp3) is 0.0588. The summed E-state index contributed by atoms with van der Waals surface area (Å²) in [5, 5.41) is 12.6. The van der Waals surface area contributed by atoms with Crippen LogP contribution in [0.4, 0.5) is 0 Å². The molecule has 0 saturated carbocycles. The van der Waals surface area contributed by atoms with E-state index in [9.17, 15) is 5.11 Å². The number of benzene rings is 2. The van der Waals surface area contributed by atoms with Crippen molar-refractivity contribution in [1.29, 1.82) is 0 Å². The maximum atomic E-state index is 10.7. The Bertz CT molecular complexity index is 860. The molecule has 3 aromatic rings. The van der Waals surface area contributed by atoms with Crippen LogP contribution in [0.15, 0.2) is 48.8 Å². The lowest BCUT2D eigenvalue weighted by atomic mass is 9.97. The van der Waals surface area contributed by atoms with Crippen LogP contribution in [-0.4, -0.2) is 10.1 Å². The molecule has 0 aliphatic rings. The van der Waals surface area contributed by atoms with Gasteiger partial charge in [0.05, 0.1) is 10.0 Å². The van der Waals surface area contributed by atoms with Gasteiger partial charge in [0, 0.05) is 39.1 Å². The largest absolute Gasteiger partial charge is 0.384 e. The van der Waals surface area contributed by atoms with Crippen molar-refractivity contribution >= 4 is 46.4 Å². The Morgan fingerprint density at radius 2 is 1.57 bits per heavy atom. The van der Waals surface area contributed by atoms with Crippen molar-refractivity contribution in [2.45, 2.75) is 6.10 Å². The van der Waals surface area contributed by atoms with Gasteiger partial charge in [0.2, 0.25) is 0 Å². The van der Waals surface area contributed by atoms with Crippen LogP contribution in [0, 0.1) is 0 Å². The van der Waals surface area contributed by atoms with Gasteiger partial charge in [-0.05, 0) is 29.8 Å². The summed E-state index contributed by atoms with van der Waals surface area (Å²) in [4.78, 5) is 3.01. The SMILES string of the molecule is OC(c1ccc(Cl)cc1Cl)c1c[nH]cc1-c1ccc(Cl)c(Cl)c1. The summed E-state index contributed by atoms with van der Waals surface area (Å²) < 4.78 is 0. The lowest BCUT2D eigenvalue weighted by Gasteiger charge is -2.14. The molecule has 0 bridgehead atoms. The molecule has 1 heterocycles. The highest BCUT2D eigenvalue weighted by Gasteiger charge is 2.19. The number of rotatable bonds is 3. The van der Waals surface area contributed by atoms with Gasteiger partial charge in [-0.1, -0.05) is 58.5 Å². The van der Waals surface area contributed by atoms with Gasteiger partial charge < -0.3 is 10.1 Å². The fourth-order valence-electron chi connectivity index (χ4n) is 2.41. The molecule has 0 amide bonds. The zero-order valence-corrected chi connectivity index (χ0v) is 14.7. The number of aromatic amines is 1. The van der Waals surface area contributed by atoms with Gasteiger partial charge in [0.1, 0.15) is 6.10 Å². The Morgan fingerprint density at radius 1 is 0.783 bits per heavy atom. The highest BCUT2D eigenvalue weighted by molar-refractivity contribution is 6.42. The average molecular weight is 387 g/mol. The van der Waals surface area contributed by atoms with Crippen LogP contribution in [0.25, 0.3) is 11.1 Å².